The monoisotopic (exact) mass is 507 g/mol. The third-order valence-corrected chi connectivity index (χ3v) is 6.30. The molecule has 0 fully saturated rings. The fourth-order valence-electron chi connectivity index (χ4n) is 4.50. The van der Waals surface area contributed by atoms with Crippen LogP contribution in [0.1, 0.15) is 29.9 Å². The van der Waals surface area contributed by atoms with Gasteiger partial charge in [-0.2, -0.15) is 4.68 Å². The zero-order valence-electron chi connectivity index (χ0n) is 18.2. The molecule has 0 saturated carbocycles. The summed E-state index contributed by atoms with van der Waals surface area (Å²) in [6.45, 7) is 0. The second-order valence-electron chi connectivity index (χ2n) is 8.14. The third-order valence-electron chi connectivity index (χ3n) is 6.07. The number of hydrogen-bond donors (Lipinski definition) is 1. The first-order valence-corrected chi connectivity index (χ1v) is 11.1. The molecule has 0 aliphatic carbocycles. The fraction of sp³-hybridized carbons (Fsp3) is 0.174. The van der Waals surface area contributed by atoms with Crippen LogP contribution < -0.4 is 11.3 Å². The third kappa shape index (κ3) is 4.11. The minimum absolute atomic E-state index is 0. The normalized spacial score (nSPS) is 18.3. The van der Waals surface area contributed by atoms with E-state index in [4.69, 9.17) is 22.3 Å². The van der Waals surface area contributed by atoms with Gasteiger partial charge >= 0.3 is 0 Å². The standard InChI is InChI=1S/C23H18ClN9O.ClH/c24-15-2-4-19(32-12-28-30-31-32)17(9-15)14-7-16-3-5-20(33(16)22(34)8-14)18-11-27-23(29-18)13-1-6-21(25)26-10-13;/h1-2,4,6-12,20,23H,3,5H2,(H2,25,26);1H/t20-,23?;/m0./s1. The number of nitrogens with zero attached hydrogens (tertiary/aromatic N) is 8. The first-order valence-electron chi connectivity index (χ1n) is 10.7. The number of aromatic nitrogens is 6. The van der Waals surface area contributed by atoms with Crippen LogP contribution >= 0.6 is 24.0 Å². The lowest BCUT2D eigenvalue weighted by Gasteiger charge is -2.15. The Kier molecular flexibility index (Phi) is 5.91. The van der Waals surface area contributed by atoms with Crippen molar-refractivity contribution in [2.45, 2.75) is 25.0 Å². The van der Waals surface area contributed by atoms with Gasteiger partial charge in [0.05, 0.1) is 17.4 Å². The molecular formula is C23H19Cl2N9O. The summed E-state index contributed by atoms with van der Waals surface area (Å²) >= 11 is 6.28. The average Bonchev–Trinajstić information content (AvgIpc) is 3.60. The van der Waals surface area contributed by atoms with Crippen LogP contribution in [0.25, 0.3) is 16.8 Å². The summed E-state index contributed by atoms with van der Waals surface area (Å²) in [6.07, 6.45) is 6.09. The van der Waals surface area contributed by atoms with Crippen LogP contribution in [0.15, 0.2) is 69.8 Å². The SMILES string of the molecule is Cl.Nc1ccc(C2N=CC([C@@H]3CCc4cc(-c5cc(Cl)ccc5-n5cnnn5)cc(=O)n43)=N2)cn1. The molecule has 4 aromatic rings. The first kappa shape index (κ1) is 22.9. The van der Waals surface area contributed by atoms with Crippen molar-refractivity contribution in [3.05, 3.63) is 81.6 Å². The van der Waals surface area contributed by atoms with Gasteiger partial charge in [0.25, 0.3) is 5.56 Å². The minimum atomic E-state index is -0.368. The van der Waals surface area contributed by atoms with Crippen molar-refractivity contribution >= 4 is 41.8 Å². The molecule has 35 heavy (non-hydrogen) atoms. The Hall–Kier alpha value is -3.89. The number of pyridine rings is 2. The van der Waals surface area contributed by atoms with E-state index < -0.39 is 0 Å². The van der Waals surface area contributed by atoms with Gasteiger partial charge in [-0.15, -0.1) is 17.5 Å². The lowest BCUT2D eigenvalue weighted by molar-refractivity contribution is 0.655. The van der Waals surface area contributed by atoms with E-state index in [-0.39, 0.29) is 30.2 Å². The molecular weight excluding hydrogens is 489 g/mol. The van der Waals surface area contributed by atoms with Crippen LogP contribution in [0.2, 0.25) is 5.02 Å². The van der Waals surface area contributed by atoms with E-state index in [1.54, 1.807) is 39.9 Å². The van der Waals surface area contributed by atoms with E-state index in [2.05, 4.69) is 25.5 Å². The van der Waals surface area contributed by atoms with Gasteiger partial charge in [-0.25, -0.2) is 4.98 Å². The van der Waals surface area contributed by atoms with Crippen molar-refractivity contribution < 1.29 is 0 Å². The molecule has 176 valence electrons. The zero-order chi connectivity index (χ0) is 23.2. The molecule has 1 aromatic carbocycles. The fourth-order valence-corrected chi connectivity index (χ4v) is 4.67. The van der Waals surface area contributed by atoms with E-state index >= 15 is 0 Å². The van der Waals surface area contributed by atoms with Crippen LogP contribution in [-0.2, 0) is 6.42 Å². The molecule has 2 N–H and O–H groups in total. The number of aryl methyl sites for hydroxylation is 1. The maximum Gasteiger partial charge on any atom is 0.251 e. The smallest absolute Gasteiger partial charge is 0.251 e. The van der Waals surface area contributed by atoms with Crippen LogP contribution in [0.3, 0.4) is 0 Å². The number of aliphatic imine (C=N–C) groups is 2. The van der Waals surface area contributed by atoms with Crippen LogP contribution in [0.4, 0.5) is 5.82 Å². The minimum Gasteiger partial charge on any atom is -0.384 e. The Morgan fingerprint density at radius 1 is 1.11 bits per heavy atom. The highest BCUT2D eigenvalue weighted by Crippen LogP contribution is 2.34. The first-order chi connectivity index (χ1) is 16.6. The van der Waals surface area contributed by atoms with Crippen LogP contribution in [0.5, 0.6) is 0 Å². The summed E-state index contributed by atoms with van der Waals surface area (Å²) in [5.74, 6) is 0.449. The maximum absolute atomic E-state index is 13.3. The predicted octanol–water partition coefficient (Wildman–Crippen LogP) is 3.25. The molecule has 10 nitrogen and oxygen atoms in total. The summed E-state index contributed by atoms with van der Waals surface area (Å²) in [7, 11) is 0. The molecule has 0 amide bonds. The molecule has 6 rings (SSSR count). The van der Waals surface area contributed by atoms with Gasteiger partial charge in [-0.05, 0) is 65.2 Å². The van der Waals surface area contributed by atoms with Crippen molar-refractivity contribution in [1.29, 1.82) is 0 Å². The molecule has 1 unspecified atom stereocenters. The number of rotatable bonds is 4. The van der Waals surface area contributed by atoms with Crippen molar-refractivity contribution in [3.63, 3.8) is 0 Å². The number of nitrogens with two attached hydrogens (primary N) is 1. The van der Waals surface area contributed by atoms with Gasteiger partial charge in [0.1, 0.15) is 12.1 Å². The summed E-state index contributed by atoms with van der Waals surface area (Å²) in [5.41, 5.74) is 10.4. The highest BCUT2D eigenvalue weighted by atomic mass is 35.5. The lowest BCUT2D eigenvalue weighted by atomic mass is 10.0. The molecule has 0 saturated heterocycles. The number of fused-ring (bicyclic) bond motifs is 1. The van der Waals surface area contributed by atoms with Gasteiger partial charge < -0.3 is 10.3 Å². The van der Waals surface area contributed by atoms with Gasteiger partial charge in [-0.3, -0.25) is 14.8 Å². The molecule has 3 aromatic heterocycles. The van der Waals surface area contributed by atoms with E-state index in [0.717, 1.165) is 46.6 Å². The maximum atomic E-state index is 13.3. The largest absolute Gasteiger partial charge is 0.384 e. The number of hydrogen-bond acceptors (Lipinski definition) is 8. The number of halogens is 2. The van der Waals surface area contributed by atoms with E-state index in [1.807, 2.05) is 24.3 Å². The van der Waals surface area contributed by atoms with E-state index in [0.29, 0.717) is 10.8 Å². The van der Waals surface area contributed by atoms with E-state index in [1.165, 1.54) is 6.33 Å². The highest BCUT2D eigenvalue weighted by molar-refractivity contribution is 6.33. The zero-order valence-corrected chi connectivity index (χ0v) is 19.8. The highest BCUT2D eigenvalue weighted by Gasteiger charge is 2.30. The van der Waals surface area contributed by atoms with Crippen molar-refractivity contribution in [2.75, 3.05) is 5.73 Å². The molecule has 0 radical (unpaired) electrons. The summed E-state index contributed by atoms with van der Waals surface area (Å²) in [5, 5.41) is 12.0. The Labute approximate surface area is 210 Å². The molecule has 12 heteroatoms. The molecule has 2 aliphatic heterocycles. The van der Waals surface area contributed by atoms with Gasteiger partial charge in [0, 0.05) is 40.3 Å². The Balaban J connectivity index is 0.00000253. The molecule has 0 bridgehead atoms. The second-order valence-corrected chi connectivity index (χ2v) is 8.57. The van der Waals surface area contributed by atoms with Crippen LogP contribution in [0, 0.1) is 0 Å². The number of nitrogen functional groups attached to an aromatic ring is 1. The Morgan fingerprint density at radius 2 is 2.00 bits per heavy atom. The van der Waals surface area contributed by atoms with Gasteiger partial charge in [0.2, 0.25) is 0 Å². The van der Waals surface area contributed by atoms with Crippen molar-refractivity contribution in [1.82, 2.24) is 29.8 Å². The Morgan fingerprint density at radius 3 is 2.77 bits per heavy atom. The van der Waals surface area contributed by atoms with Gasteiger partial charge in [-0.1, -0.05) is 11.6 Å². The molecule has 0 spiro atoms. The quantitative estimate of drug-likeness (QED) is 0.451. The average molecular weight is 508 g/mol. The predicted molar refractivity (Wildman–Crippen MR) is 136 cm³/mol. The Bertz CT molecular complexity index is 1510. The summed E-state index contributed by atoms with van der Waals surface area (Å²) < 4.78 is 3.36. The molecule has 2 aliphatic rings. The molecule has 2 atom stereocenters. The summed E-state index contributed by atoms with van der Waals surface area (Å²) in [4.78, 5) is 26.7. The topological polar surface area (TPSA) is 129 Å². The van der Waals surface area contributed by atoms with Crippen LogP contribution in [-0.4, -0.2) is 41.7 Å². The van der Waals surface area contributed by atoms with E-state index in [9.17, 15) is 4.79 Å². The second kappa shape index (κ2) is 9.05. The lowest BCUT2D eigenvalue weighted by Crippen LogP contribution is -2.27. The number of anilines is 1. The van der Waals surface area contributed by atoms with Gasteiger partial charge in [0.15, 0.2) is 6.17 Å². The number of benzene rings is 1. The van der Waals surface area contributed by atoms with Crippen molar-refractivity contribution in [2.24, 2.45) is 9.98 Å². The molecule has 5 heterocycles. The summed E-state index contributed by atoms with van der Waals surface area (Å²) in [6, 6.07) is 12.5. The number of tetrazole rings is 1. The van der Waals surface area contributed by atoms with Crippen molar-refractivity contribution in [3.8, 4) is 16.8 Å².